The van der Waals surface area contributed by atoms with Crippen molar-refractivity contribution in [1.29, 1.82) is 0 Å². The minimum absolute atomic E-state index is 0.0865. The number of fused-ring (bicyclic) bond motifs is 2. The standard InChI is InChI=1S/C29H32N4O5/c1-5-33-23-7-6-20(16-24(23)30(4)27(35)29(2,3)28(33)36)17-31(18-21-9-14-37-19-21)12-13-32-11-8-25-22(26(32)34)10-15-38-25/h6-11,14-16,19H,5,12-13,17-18H2,1-4H3. The topological polar surface area (TPSA) is 92.1 Å². The number of furan rings is 2. The van der Waals surface area contributed by atoms with E-state index in [1.807, 2.05) is 31.2 Å². The van der Waals surface area contributed by atoms with Gasteiger partial charge in [-0.3, -0.25) is 19.3 Å². The molecule has 3 aromatic heterocycles. The van der Waals surface area contributed by atoms with Gasteiger partial charge >= 0.3 is 0 Å². The van der Waals surface area contributed by atoms with Crippen molar-refractivity contribution in [1.82, 2.24) is 9.47 Å². The molecule has 0 bridgehead atoms. The molecule has 0 fully saturated rings. The Hall–Kier alpha value is -4.11. The number of anilines is 2. The molecule has 0 spiro atoms. The molecule has 1 aliphatic rings. The Morgan fingerprint density at radius 1 is 0.921 bits per heavy atom. The first-order valence-electron chi connectivity index (χ1n) is 12.7. The van der Waals surface area contributed by atoms with E-state index in [0.717, 1.165) is 16.8 Å². The molecule has 1 aromatic carbocycles. The van der Waals surface area contributed by atoms with Crippen molar-refractivity contribution in [2.24, 2.45) is 5.41 Å². The second-order valence-corrected chi connectivity index (χ2v) is 10.2. The molecule has 38 heavy (non-hydrogen) atoms. The van der Waals surface area contributed by atoms with Crippen LogP contribution in [0.3, 0.4) is 0 Å². The summed E-state index contributed by atoms with van der Waals surface area (Å²) in [5, 5.41) is 0.560. The second-order valence-electron chi connectivity index (χ2n) is 10.2. The number of aromatic nitrogens is 1. The Kier molecular flexibility index (Phi) is 6.71. The van der Waals surface area contributed by atoms with Crippen LogP contribution in [0.2, 0.25) is 0 Å². The number of pyridine rings is 1. The van der Waals surface area contributed by atoms with Gasteiger partial charge in [-0.05, 0) is 56.7 Å². The van der Waals surface area contributed by atoms with E-state index in [2.05, 4.69) is 4.90 Å². The van der Waals surface area contributed by atoms with Gasteiger partial charge in [0.15, 0.2) is 0 Å². The highest BCUT2D eigenvalue weighted by Gasteiger charge is 2.45. The van der Waals surface area contributed by atoms with Gasteiger partial charge in [0.05, 0.1) is 35.6 Å². The first kappa shape index (κ1) is 25.5. The summed E-state index contributed by atoms with van der Waals surface area (Å²) in [5.74, 6) is -0.439. The summed E-state index contributed by atoms with van der Waals surface area (Å²) in [6.45, 7) is 8.04. The van der Waals surface area contributed by atoms with E-state index in [1.165, 1.54) is 6.26 Å². The summed E-state index contributed by atoms with van der Waals surface area (Å²) in [4.78, 5) is 44.8. The van der Waals surface area contributed by atoms with Crippen molar-refractivity contribution in [2.75, 3.05) is 29.9 Å². The number of benzene rings is 1. The molecule has 2 amide bonds. The lowest BCUT2D eigenvalue weighted by Crippen LogP contribution is -2.47. The van der Waals surface area contributed by atoms with Crippen LogP contribution in [0.4, 0.5) is 11.4 Å². The smallest absolute Gasteiger partial charge is 0.261 e. The van der Waals surface area contributed by atoms with Crippen molar-refractivity contribution in [2.45, 2.75) is 40.4 Å². The molecule has 0 aliphatic carbocycles. The van der Waals surface area contributed by atoms with Crippen molar-refractivity contribution < 1.29 is 18.4 Å². The average molecular weight is 517 g/mol. The largest absolute Gasteiger partial charge is 0.472 e. The monoisotopic (exact) mass is 516 g/mol. The number of nitrogens with zero attached hydrogens (tertiary/aromatic N) is 4. The Bertz CT molecular complexity index is 1530. The van der Waals surface area contributed by atoms with E-state index in [1.54, 1.807) is 66.1 Å². The molecule has 0 radical (unpaired) electrons. The fraction of sp³-hybridized carbons (Fsp3) is 0.345. The highest BCUT2D eigenvalue weighted by molar-refractivity contribution is 6.19. The molecular weight excluding hydrogens is 484 g/mol. The quantitative estimate of drug-likeness (QED) is 0.325. The molecular formula is C29H32N4O5. The molecule has 0 N–H and O–H groups in total. The maximum atomic E-state index is 13.2. The van der Waals surface area contributed by atoms with Gasteiger partial charge in [-0.25, -0.2) is 0 Å². The summed E-state index contributed by atoms with van der Waals surface area (Å²) < 4.78 is 12.3. The summed E-state index contributed by atoms with van der Waals surface area (Å²) in [7, 11) is 1.72. The fourth-order valence-electron chi connectivity index (χ4n) is 5.09. The molecule has 0 saturated heterocycles. The lowest BCUT2D eigenvalue weighted by molar-refractivity contribution is -0.137. The third kappa shape index (κ3) is 4.54. The first-order chi connectivity index (χ1) is 18.2. The minimum atomic E-state index is -1.15. The van der Waals surface area contributed by atoms with Gasteiger partial charge in [-0.1, -0.05) is 6.07 Å². The van der Waals surface area contributed by atoms with Crippen LogP contribution in [0.5, 0.6) is 0 Å². The lowest BCUT2D eigenvalue weighted by Gasteiger charge is -2.27. The molecule has 9 heteroatoms. The number of hydrogen-bond acceptors (Lipinski definition) is 6. The van der Waals surface area contributed by atoms with Crippen LogP contribution < -0.4 is 15.4 Å². The van der Waals surface area contributed by atoms with Gasteiger partial charge in [0, 0.05) is 51.5 Å². The summed E-state index contributed by atoms with van der Waals surface area (Å²) in [5.41, 5.74) is 2.79. The Morgan fingerprint density at radius 2 is 1.71 bits per heavy atom. The predicted octanol–water partition coefficient (Wildman–Crippen LogP) is 4.25. The molecule has 5 rings (SSSR count). The average Bonchev–Trinajstić information content (AvgIpc) is 3.59. The van der Waals surface area contributed by atoms with Crippen LogP contribution in [0.1, 0.15) is 31.9 Å². The fourth-order valence-corrected chi connectivity index (χ4v) is 5.09. The molecule has 0 unspecified atom stereocenters. The van der Waals surface area contributed by atoms with Gasteiger partial charge in [-0.2, -0.15) is 0 Å². The maximum Gasteiger partial charge on any atom is 0.261 e. The molecule has 1 aliphatic heterocycles. The van der Waals surface area contributed by atoms with Crippen molar-refractivity contribution in [3.05, 3.63) is 82.9 Å². The van der Waals surface area contributed by atoms with Crippen LogP contribution in [0, 0.1) is 5.41 Å². The highest BCUT2D eigenvalue weighted by atomic mass is 16.3. The van der Waals surface area contributed by atoms with Gasteiger partial charge in [0.2, 0.25) is 11.8 Å². The molecule has 4 aromatic rings. The van der Waals surface area contributed by atoms with Crippen LogP contribution >= 0.6 is 0 Å². The SMILES string of the molecule is CCN1C(=O)C(C)(C)C(=O)N(C)c2cc(CN(CCn3ccc4occc4c3=O)Cc3ccoc3)ccc21. The second kappa shape index (κ2) is 9.98. The number of carbonyl (C=O) groups is 2. The highest BCUT2D eigenvalue weighted by Crippen LogP contribution is 2.39. The van der Waals surface area contributed by atoms with Gasteiger partial charge < -0.3 is 23.2 Å². The van der Waals surface area contributed by atoms with Crippen molar-refractivity contribution >= 4 is 34.2 Å². The van der Waals surface area contributed by atoms with E-state index in [0.29, 0.717) is 49.4 Å². The Labute approximate surface area is 220 Å². The number of hydrogen-bond donors (Lipinski definition) is 0. The van der Waals surface area contributed by atoms with Crippen LogP contribution in [-0.2, 0) is 29.2 Å². The molecule has 0 atom stereocenters. The lowest BCUT2D eigenvalue weighted by atomic mass is 9.90. The van der Waals surface area contributed by atoms with Crippen molar-refractivity contribution in [3.8, 4) is 0 Å². The summed E-state index contributed by atoms with van der Waals surface area (Å²) in [6, 6.07) is 11.3. The van der Waals surface area contributed by atoms with Gasteiger partial charge in [-0.15, -0.1) is 0 Å². The molecule has 4 heterocycles. The maximum absolute atomic E-state index is 13.2. The zero-order chi connectivity index (χ0) is 27.0. The minimum Gasteiger partial charge on any atom is -0.472 e. The summed E-state index contributed by atoms with van der Waals surface area (Å²) >= 11 is 0. The predicted molar refractivity (Wildman–Crippen MR) is 145 cm³/mol. The van der Waals surface area contributed by atoms with E-state index in [9.17, 15) is 14.4 Å². The van der Waals surface area contributed by atoms with Crippen LogP contribution in [0.15, 0.2) is 75.0 Å². The summed E-state index contributed by atoms with van der Waals surface area (Å²) in [6.07, 6.45) is 6.64. The van der Waals surface area contributed by atoms with E-state index < -0.39 is 5.41 Å². The zero-order valence-corrected chi connectivity index (χ0v) is 22.1. The number of rotatable bonds is 8. The van der Waals surface area contributed by atoms with Gasteiger partial charge in [0.1, 0.15) is 11.0 Å². The Balaban J connectivity index is 1.43. The van der Waals surface area contributed by atoms with E-state index in [-0.39, 0.29) is 17.4 Å². The van der Waals surface area contributed by atoms with Crippen molar-refractivity contribution in [3.63, 3.8) is 0 Å². The third-order valence-electron chi connectivity index (χ3n) is 7.27. The Morgan fingerprint density at radius 3 is 2.45 bits per heavy atom. The normalized spacial score (nSPS) is 15.4. The first-order valence-corrected chi connectivity index (χ1v) is 12.7. The molecule has 0 saturated carbocycles. The van der Waals surface area contributed by atoms with E-state index >= 15 is 0 Å². The van der Waals surface area contributed by atoms with Crippen LogP contribution in [0.25, 0.3) is 11.0 Å². The number of amides is 2. The molecule has 198 valence electrons. The zero-order valence-electron chi connectivity index (χ0n) is 22.1. The van der Waals surface area contributed by atoms with Crippen LogP contribution in [-0.4, -0.2) is 41.4 Å². The number of carbonyl (C=O) groups excluding carboxylic acids is 2. The van der Waals surface area contributed by atoms with Gasteiger partial charge in [0.25, 0.3) is 5.56 Å². The van der Waals surface area contributed by atoms with E-state index in [4.69, 9.17) is 8.83 Å². The third-order valence-corrected chi connectivity index (χ3v) is 7.27. The molecule has 9 nitrogen and oxygen atoms in total.